The maximum Gasteiger partial charge on any atom is 0.0253 e. The summed E-state index contributed by atoms with van der Waals surface area (Å²) >= 11 is 0. The van der Waals surface area contributed by atoms with E-state index in [-0.39, 0.29) is 0 Å². The lowest BCUT2D eigenvalue weighted by molar-refractivity contribution is 0.204. The standard InChI is InChI=1S/C7H19N3/c1-3-6-9-10(4-2)7-5-8/h9H,3-8H2,1-2H3. The molecule has 0 aromatic carbocycles. The van der Waals surface area contributed by atoms with E-state index < -0.39 is 0 Å². The Morgan fingerprint density at radius 3 is 2.50 bits per heavy atom. The second-order valence-corrected chi connectivity index (χ2v) is 2.28. The molecule has 0 amide bonds. The summed E-state index contributed by atoms with van der Waals surface area (Å²) in [5.74, 6) is 0. The Hall–Kier alpha value is -0.120. The molecule has 0 rings (SSSR count). The molecule has 3 nitrogen and oxygen atoms in total. The molecular formula is C7H19N3. The van der Waals surface area contributed by atoms with Crippen molar-refractivity contribution >= 4 is 0 Å². The smallest absolute Gasteiger partial charge is 0.0253 e. The topological polar surface area (TPSA) is 41.3 Å². The molecule has 0 bridgehead atoms. The van der Waals surface area contributed by atoms with Gasteiger partial charge in [-0.25, -0.2) is 5.01 Å². The molecule has 3 heteroatoms. The number of nitrogens with one attached hydrogen (secondary N) is 1. The van der Waals surface area contributed by atoms with E-state index in [0.717, 1.165) is 26.2 Å². The van der Waals surface area contributed by atoms with Crippen LogP contribution < -0.4 is 11.2 Å². The van der Waals surface area contributed by atoms with Crippen LogP contribution in [0.3, 0.4) is 0 Å². The van der Waals surface area contributed by atoms with Crippen molar-refractivity contribution in [3.05, 3.63) is 0 Å². The zero-order valence-corrected chi connectivity index (χ0v) is 7.06. The van der Waals surface area contributed by atoms with Crippen LogP contribution in [0.5, 0.6) is 0 Å². The Kier molecular flexibility index (Phi) is 6.91. The predicted molar refractivity (Wildman–Crippen MR) is 44.6 cm³/mol. The van der Waals surface area contributed by atoms with Gasteiger partial charge >= 0.3 is 0 Å². The third kappa shape index (κ3) is 4.73. The van der Waals surface area contributed by atoms with Crippen molar-refractivity contribution in [1.82, 2.24) is 10.4 Å². The molecule has 0 aliphatic rings. The maximum absolute atomic E-state index is 5.40. The summed E-state index contributed by atoms with van der Waals surface area (Å²) in [6.07, 6.45) is 1.17. The molecule has 0 aromatic rings. The highest BCUT2D eigenvalue weighted by atomic mass is 15.5. The minimum atomic E-state index is 0.727. The average molecular weight is 145 g/mol. The summed E-state index contributed by atoms with van der Waals surface area (Å²) in [4.78, 5) is 0. The fraction of sp³-hybridized carbons (Fsp3) is 1.00. The summed E-state index contributed by atoms with van der Waals surface area (Å²) in [5.41, 5.74) is 8.67. The van der Waals surface area contributed by atoms with Crippen LogP contribution in [-0.4, -0.2) is 31.2 Å². The van der Waals surface area contributed by atoms with Crippen LogP contribution in [0.2, 0.25) is 0 Å². The molecule has 0 aromatic heterocycles. The first-order valence-corrected chi connectivity index (χ1v) is 4.03. The molecule has 0 unspecified atom stereocenters. The van der Waals surface area contributed by atoms with E-state index >= 15 is 0 Å². The molecule has 0 aliphatic carbocycles. The van der Waals surface area contributed by atoms with E-state index in [0.29, 0.717) is 0 Å². The molecule has 0 radical (unpaired) electrons. The second-order valence-electron chi connectivity index (χ2n) is 2.28. The molecular weight excluding hydrogens is 126 g/mol. The third-order valence-corrected chi connectivity index (χ3v) is 1.37. The van der Waals surface area contributed by atoms with Crippen molar-refractivity contribution in [2.75, 3.05) is 26.2 Å². The SMILES string of the molecule is CCCNN(CC)CCN. The van der Waals surface area contributed by atoms with Gasteiger partial charge in [0.15, 0.2) is 0 Å². The fourth-order valence-corrected chi connectivity index (χ4v) is 0.775. The number of nitrogens with zero attached hydrogens (tertiary/aromatic N) is 1. The van der Waals surface area contributed by atoms with Gasteiger partial charge in [-0.15, -0.1) is 0 Å². The van der Waals surface area contributed by atoms with Crippen molar-refractivity contribution < 1.29 is 0 Å². The number of nitrogens with two attached hydrogens (primary N) is 1. The largest absolute Gasteiger partial charge is 0.329 e. The molecule has 62 valence electrons. The first-order chi connectivity index (χ1) is 4.85. The van der Waals surface area contributed by atoms with Gasteiger partial charge in [0.25, 0.3) is 0 Å². The number of hydrogen-bond donors (Lipinski definition) is 2. The molecule has 10 heavy (non-hydrogen) atoms. The van der Waals surface area contributed by atoms with Crippen LogP contribution >= 0.6 is 0 Å². The monoisotopic (exact) mass is 145 g/mol. The van der Waals surface area contributed by atoms with Gasteiger partial charge in [0.1, 0.15) is 0 Å². The Morgan fingerprint density at radius 1 is 1.40 bits per heavy atom. The van der Waals surface area contributed by atoms with Gasteiger partial charge in [0, 0.05) is 26.2 Å². The van der Waals surface area contributed by atoms with Gasteiger partial charge in [-0.05, 0) is 6.42 Å². The van der Waals surface area contributed by atoms with Crippen molar-refractivity contribution in [3.8, 4) is 0 Å². The minimum absolute atomic E-state index is 0.727. The van der Waals surface area contributed by atoms with Crippen LogP contribution in [0.4, 0.5) is 0 Å². The van der Waals surface area contributed by atoms with E-state index in [4.69, 9.17) is 5.73 Å². The van der Waals surface area contributed by atoms with E-state index in [9.17, 15) is 0 Å². The average Bonchev–Trinajstić information content (AvgIpc) is 1.98. The zero-order chi connectivity index (χ0) is 7.82. The van der Waals surface area contributed by atoms with Crippen molar-refractivity contribution in [2.45, 2.75) is 20.3 Å². The van der Waals surface area contributed by atoms with Crippen molar-refractivity contribution in [1.29, 1.82) is 0 Å². The summed E-state index contributed by atoms with van der Waals surface area (Å²) in [5, 5.41) is 2.14. The summed E-state index contributed by atoms with van der Waals surface area (Å²) < 4.78 is 0. The van der Waals surface area contributed by atoms with Crippen molar-refractivity contribution in [3.63, 3.8) is 0 Å². The lowest BCUT2D eigenvalue weighted by Crippen LogP contribution is -2.41. The number of rotatable bonds is 6. The second kappa shape index (κ2) is 6.99. The first-order valence-electron chi connectivity index (χ1n) is 4.03. The van der Waals surface area contributed by atoms with Gasteiger partial charge in [0.2, 0.25) is 0 Å². The highest BCUT2D eigenvalue weighted by Gasteiger charge is 1.96. The maximum atomic E-state index is 5.40. The number of likely N-dealkylation sites (N-methyl/N-ethyl adjacent to an activating group) is 1. The molecule has 0 heterocycles. The van der Waals surface area contributed by atoms with Crippen LogP contribution in [0.25, 0.3) is 0 Å². The first kappa shape index (κ1) is 9.88. The highest BCUT2D eigenvalue weighted by molar-refractivity contribution is 4.48. The van der Waals surface area contributed by atoms with Crippen LogP contribution in [0.1, 0.15) is 20.3 Å². The number of hydrogen-bond acceptors (Lipinski definition) is 3. The molecule has 0 saturated heterocycles. The van der Waals surface area contributed by atoms with Gasteiger partial charge in [-0.2, -0.15) is 0 Å². The molecule has 0 spiro atoms. The van der Waals surface area contributed by atoms with Crippen LogP contribution in [0.15, 0.2) is 0 Å². The van der Waals surface area contributed by atoms with Crippen LogP contribution in [0, 0.1) is 0 Å². The molecule has 0 aliphatic heterocycles. The fourth-order valence-electron chi connectivity index (χ4n) is 0.775. The third-order valence-electron chi connectivity index (χ3n) is 1.37. The van der Waals surface area contributed by atoms with Gasteiger partial charge < -0.3 is 5.73 Å². The van der Waals surface area contributed by atoms with Gasteiger partial charge in [-0.3, -0.25) is 5.43 Å². The highest BCUT2D eigenvalue weighted by Crippen LogP contribution is 1.79. The zero-order valence-electron chi connectivity index (χ0n) is 7.06. The lowest BCUT2D eigenvalue weighted by Gasteiger charge is -2.19. The minimum Gasteiger partial charge on any atom is -0.329 e. The molecule has 3 N–H and O–H groups in total. The summed E-state index contributed by atoms with van der Waals surface area (Å²) in [6, 6.07) is 0. The Balaban J connectivity index is 3.21. The molecule has 0 saturated carbocycles. The molecule has 0 atom stereocenters. The van der Waals surface area contributed by atoms with E-state index in [2.05, 4.69) is 24.3 Å². The van der Waals surface area contributed by atoms with Crippen molar-refractivity contribution in [2.24, 2.45) is 5.73 Å². The number of hydrazine groups is 1. The van der Waals surface area contributed by atoms with E-state index in [1.165, 1.54) is 6.42 Å². The van der Waals surface area contributed by atoms with Gasteiger partial charge in [-0.1, -0.05) is 13.8 Å². The Labute approximate surface area is 63.5 Å². The van der Waals surface area contributed by atoms with Gasteiger partial charge in [0.05, 0.1) is 0 Å². The Bertz CT molecular complexity index is 65.9. The van der Waals surface area contributed by atoms with E-state index in [1.807, 2.05) is 0 Å². The van der Waals surface area contributed by atoms with Crippen LogP contribution in [-0.2, 0) is 0 Å². The quantitative estimate of drug-likeness (QED) is 0.524. The molecule has 0 fully saturated rings. The predicted octanol–water partition coefficient (Wildman–Crippen LogP) is 0.182. The Morgan fingerprint density at radius 2 is 2.10 bits per heavy atom. The summed E-state index contributed by atoms with van der Waals surface area (Å²) in [7, 11) is 0. The summed E-state index contributed by atoms with van der Waals surface area (Å²) in [6.45, 7) is 8.02. The normalized spacial score (nSPS) is 10.8. The lowest BCUT2D eigenvalue weighted by atomic mass is 10.5. The van der Waals surface area contributed by atoms with E-state index in [1.54, 1.807) is 0 Å².